The number of aryl methyl sites for hydroxylation is 1. The molecule has 0 radical (unpaired) electrons. The van der Waals surface area contributed by atoms with Crippen LogP contribution in [0.25, 0.3) is 6.08 Å². The highest BCUT2D eigenvalue weighted by Crippen LogP contribution is 2.29. The maximum absolute atomic E-state index is 10.4. The lowest BCUT2D eigenvalue weighted by atomic mass is 10.1. The summed E-state index contributed by atoms with van der Waals surface area (Å²) in [6, 6.07) is 3.55. The third kappa shape index (κ3) is 2.76. The van der Waals surface area contributed by atoms with Gasteiger partial charge in [-0.1, -0.05) is 0 Å². The van der Waals surface area contributed by atoms with Crippen LogP contribution in [-0.2, 0) is 4.79 Å². The highest BCUT2D eigenvalue weighted by molar-refractivity contribution is 5.86. The molecule has 0 saturated heterocycles. The predicted molar refractivity (Wildman–Crippen MR) is 61.0 cm³/mol. The Morgan fingerprint density at radius 2 is 1.88 bits per heavy atom. The van der Waals surface area contributed by atoms with Crippen LogP contribution in [0.2, 0.25) is 0 Å². The average Bonchev–Trinajstić information content (AvgIpc) is 2.26. The molecule has 0 heterocycles. The number of hydrogen-bond acceptors (Lipinski definition) is 3. The normalized spacial score (nSPS) is 10.4. The van der Waals surface area contributed by atoms with E-state index < -0.39 is 5.97 Å². The minimum absolute atomic E-state index is 0.621. The van der Waals surface area contributed by atoms with Crippen molar-refractivity contribution in [2.24, 2.45) is 0 Å². The van der Waals surface area contributed by atoms with Crippen molar-refractivity contribution in [2.75, 3.05) is 14.2 Å². The summed E-state index contributed by atoms with van der Waals surface area (Å²) in [5, 5.41) is 8.56. The number of hydrogen-bond donors (Lipinski definition) is 1. The van der Waals surface area contributed by atoms with Crippen molar-refractivity contribution in [1.29, 1.82) is 0 Å². The first-order valence-electron chi connectivity index (χ1n) is 4.72. The fraction of sp³-hybridized carbons (Fsp3) is 0.250. The van der Waals surface area contributed by atoms with Gasteiger partial charge < -0.3 is 14.6 Å². The number of carboxylic acids is 1. The number of methoxy groups -OCH3 is 2. The monoisotopic (exact) mass is 222 g/mol. The molecule has 0 spiro atoms. The van der Waals surface area contributed by atoms with Crippen molar-refractivity contribution in [3.63, 3.8) is 0 Å². The number of benzene rings is 1. The first-order valence-corrected chi connectivity index (χ1v) is 4.72. The molecule has 0 bridgehead atoms. The van der Waals surface area contributed by atoms with Gasteiger partial charge in [0.2, 0.25) is 0 Å². The van der Waals surface area contributed by atoms with Crippen LogP contribution in [0, 0.1) is 6.92 Å². The SMILES string of the molecule is COc1cc(/C=C/C(=O)O)c(OC)cc1C. The Bertz CT molecular complexity index is 421. The smallest absolute Gasteiger partial charge is 0.328 e. The summed E-state index contributed by atoms with van der Waals surface area (Å²) < 4.78 is 10.3. The molecule has 0 aliphatic heterocycles. The second kappa shape index (κ2) is 5.21. The van der Waals surface area contributed by atoms with Crippen LogP contribution >= 0.6 is 0 Å². The van der Waals surface area contributed by atoms with Gasteiger partial charge in [0.25, 0.3) is 0 Å². The van der Waals surface area contributed by atoms with Crippen LogP contribution in [0.4, 0.5) is 0 Å². The first-order chi connectivity index (χ1) is 7.58. The van der Waals surface area contributed by atoms with Gasteiger partial charge in [-0.3, -0.25) is 0 Å². The average molecular weight is 222 g/mol. The maximum Gasteiger partial charge on any atom is 0.328 e. The van der Waals surface area contributed by atoms with E-state index in [1.54, 1.807) is 26.4 Å². The molecule has 1 aromatic carbocycles. The summed E-state index contributed by atoms with van der Waals surface area (Å²) in [4.78, 5) is 10.4. The Balaban J connectivity index is 3.19. The number of rotatable bonds is 4. The fourth-order valence-corrected chi connectivity index (χ4v) is 1.37. The third-order valence-electron chi connectivity index (χ3n) is 2.15. The molecule has 1 rings (SSSR count). The minimum Gasteiger partial charge on any atom is -0.496 e. The number of carbonyl (C=O) groups is 1. The van der Waals surface area contributed by atoms with Gasteiger partial charge in [-0.25, -0.2) is 4.79 Å². The Morgan fingerprint density at radius 3 is 2.38 bits per heavy atom. The maximum atomic E-state index is 10.4. The Kier molecular flexibility index (Phi) is 3.94. The van der Waals surface area contributed by atoms with Gasteiger partial charge in [0.15, 0.2) is 0 Å². The van der Waals surface area contributed by atoms with Gasteiger partial charge in [0, 0.05) is 11.6 Å². The summed E-state index contributed by atoms with van der Waals surface area (Å²) in [6.07, 6.45) is 2.54. The largest absolute Gasteiger partial charge is 0.496 e. The van der Waals surface area contributed by atoms with Crippen molar-refractivity contribution in [3.8, 4) is 11.5 Å². The van der Waals surface area contributed by atoms with Crippen molar-refractivity contribution in [3.05, 3.63) is 29.3 Å². The molecule has 0 amide bonds. The molecular weight excluding hydrogens is 208 g/mol. The number of aliphatic carboxylic acids is 1. The van der Waals surface area contributed by atoms with E-state index in [2.05, 4.69) is 0 Å². The highest BCUT2D eigenvalue weighted by Gasteiger charge is 2.06. The summed E-state index contributed by atoms with van der Waals surface area (Å²) in [5.74, 6) is 0.322. The van der Waals surface area contributed by atoms with E-state index in [1.165, 1.54) is 6.08 Å². The lowest BCUT2D eigenvalue weighted by Crippen LogP contribution is -1.93. The molecule has 0 unspecified atom stereocenters. The van der Waals surface area contributed by atoms with Gasteiger partial charge in [-0.2, -0.15) is 0 Å². The van der Waals surface area contributed by atoms with E-state index in [-0.39, 0.29) is 0 Å². The molecule has 0 aliphatic carbocycles. The molecule has 0 saturated carbocycles. The molecule has 16 heavy (non-hydrogen) atoms. The minimum atomic E-state index is -0.999. The summed E-state index contributed by atoms with van der Waals surface area (Å²) >= 11 is 0. The second-order valence-corrected chi connectivity index (χ2v) is 3.24. The van der Waals surface area contributed by atoms with Gasteiger partial charge in [0.05, 0.1) is 14.2 Å². The molecule has 0 fully saturated rings. The van der Waals surface area contributed by atoms with E-state index >= 15 is 0 Å². The van der Waals surface area contributed by atoms with E-state index in [1.807, 2.05) is 6.92 Å². The van der Waals surface area contributed by atoms with Crippen molar-refractivity contribution in [1.82, 2.24) is 0 Å². The molecule has 0 aliphatic rings. The molecular formula is C12H14O4. The predicted octanol–water partition coefficient (Wildman–Crippen LogP) is 2.11. The summed E-state index contributed by atoms with van der Waals surface area (Å²) in [5.41, 5.74) is 1.61. The lowest BCUT2D eigenvalue weighted by Gasteiger charge is -2.10. The van der Waals surface area contributed by atoms with Gasteiger partial charge in [-0.05, 0) is 30.7 Å². The standard InChI is InChI=1S/C12H14O4/c1-8-6-11(16-3)9(4-5-12(13)14)7-10(8)15-2/h4-7H,1-3H3,(H,13,14)/b5-4+. The Morgan fingerprint density at radius 1 is 1.25 bits per heavy atom. The zero-order valence-corrected chi connectivity index (χ0v) is 9.48. The van der Waals surface area contributed by atoms with Crippen LogP contribution < -0.4 is 9.47 Å². The lowest BCUT2D eigenvalue weighted by molar-refractivity contribution is -0.131. The third-order valence-corrected chi connectivity index (χ3v) is 2.15. The van der Waals surface area contributed by atoms with Crippen LogP contribution in [0.1, 0.15) is 11.1 Å². The second-order valence-electron chi connectivity index (χ2n) is 3.24. The van der Waals surface area contributed by atoms with Gasteiger partial charge in [-0.15, -0.1) is 0 Å². The van der Waals surface area contributed by atoms with Crippen LogP contribution in [0.15, 0.2) is 18.2 Å². The van der Waals surface area contributed by atoms with Crippen LogP contribution in [0.3, 0.4) is 0 Å². The van der Waals surface area contributed by atoms with Crippen LogP contribution in [-0.4, -0.2) is 25.3 Å². The number of carboxylic acid groups (broad SMARTS) is 1. The van der Waals surface area contributed by atoms with Crippen molar-refractivity contribution >= 4 is 12.0 Å². The number of ether oxygens (including phenoxy) is 2. The molecule has 4 heteroatoms. The van der Waals surface area contributed by atoms with Gasteiger partial charge >= 0.3 is 5.97 Å². The molecule has 1 N–H and O–H groups in total. The topological polar surface area (TPSA) is 55.8 Å². The molecule has 1 aromatic rings. The van der Waals surface area contributed by atoms with Crippen molar-refractivity contribution < 1.29 is 19.4 Å². The van der Waals surface area contributed by atoms with E-state index in [0.717, 1.165) is 11.6 Å². The zero-order chi connectivity index (χ0) is 12.1. The van der Waals surface area contributed by atoms with E-state index in [4.69, 9.17) is 14.6 Å². The highest BCUT2D eigenvalue weighted by atomic mass is 16.5. The fourth-order valence-electron chi connectivity index (χ4n) is 1.37. The molecule has 4 nitrogen and oxygen atoms in total. The quantitative estimate of drug-likeness (QED) is 0.793. The first kappa shape index (κ1) is 12.1. The molecule has 86 valence electrons. The molecule has 0 atom stereocenters. The van der Waals surface area contributed by atoms with E-state index in [0.29, 0.717) is 17.1 Å². The van der Waals surface area contributed by atoms with Crippen LogP contribution in [0.5, 0.6) is 11.5 Å². The zero-order valence-electron chi connectivity index (χ0n) is 9.48. The van der Waals surface area contributed by atoms with Gasteiger partial charge in [0.1, 0.15) is 11.5 Å². The summed E-state index contributed by atoms with van der Waals surface area (Å²) in [6.45, 7) is 1.89. The Hall–Kier alpha value is -1.97. The molecule has 0 aromatic heterocycles. The summed E-state index contributed by atoms with van der Waals surface area (Å²) in [7, 11) is 3.11. The Labute approximate surface area is 94.1 Å². The van der Waals surface area contributed by atoms with Crippen molar-refractivity contribution in [2.45, 2.75) is 6.92 Å². The van der Waals surface area contributed by atoms with E-state index in [9.17, 15) is 4.79 Å².